The molecule has 0 spiro atoms. The molecule has 0 bridgehead atoms. The van der Waals surface area contributed by atoms with Gasteiger partial charge in [-0.2, -0.15) is 4.31 Å². The Hall–Kier alpha value is -3.13. The van der Waals surface area contributed by atoms with E-state index in [4.69, 9.17) is 4.74 Å². The van der Waals surface area contributed by atoms with Gasteiger partial charge < -0.3 is 9.64 Å². The summed E-state index contributed by atoms with van der Waals surface area (Å²) in [5, 5.41) is 13.6. The largest absolute Gasteiger partial charge is 0.484 e. The molecule has 1 aromatic heterocycles. The lowest BCUT2D eigenvalue weighted by atomic mass is 10.3. The van der Waals surface area contributed by atoms with Gasteiger partial charge in [0.05, 0.1) is 20.0 Å². The minimum atomic E-state index is -3.60. The summed E-state index contributed by atoms with van der Waals surface area (Å²) in [6.45, 7) is 1.93. The third kappa shape index (κ3) is 5.27. The van der Waals surface area contributed by atoms with E-state index >= 15 is 0 Å². The van der Waals surface area contributed by atoms with Crippen molar-refractivity contribution in [3.63, 3.8) is 0 Å². The van der Waals surface area contributed by atoms with Crippen LogP contribution in [0.25, 0.3) is 10.2 Å². The number of carbonyl (C=O) groups is 1. The maximum absolute atomic E-state index is 13.0. The first-order chi connectivity index (χ1) is 15.7. The van der Waals surface area contributed by atoms with Crippen molar-refractivity contribution in [3.8, 4) is 5.75 Å². The Labute approximate surface area is 193 Å². The number of nitrogens with zero attached hydrogens (tertiary/aromatic N) is 4. The van der Waals surface area contributed by atoms with Gasteiger partial charge in [-0.3, -0.25) is 20.2 Å². The van der Waals surface area contributed by atoms with E-state index in [1.165, 1.54) is 34.6 Å². The molecule has 13 heteroatoms. The number of ether oxygens (including phenoxy) is 1. The van der Waals surface area contributed by atoms with Crippen LogP contribution in [-0.2, 0) is 14.8 Å². The van der Waals surface area contributed by atoms with Crippen molar-refractivity contribution in [2.45, 2.75) is 4.90 Å². The molecule has 2 heterocycles. The van der Waals surface area contributed by atoms with Gasteiger partial charge in [-0.05, 0) is 37.4 Å². The Balaban J connectivity index is 1.40. The molecule has 0 saturated carbocycles. The maximum Gasteiger partial charge on any atom is 0.269 e. The van der Waals surface area contributed by atoms with Crippen LogP contribution < -0.4 is 10.1 Å². The SMILES string of the molecule is CN1CCN(S(=O)(=O)c2ccc3nc(NC(=O)COc4ccc([N+](=O)[O-])cc4)sc3c2)CC1. The molecule has 1 amide bonds. The van der Waals surface area contributed by atoms with Gasteiger partial charge in [-0.15, -0.1) is 0 Å². The quantitative estimate of drug-likeness (QED) is 0.392. The van der Waals surface area contributed by atoms with Gasteiger partial charge in [0, 0.05) is 38.3 Å². The van der Waals surface area contributed by atoms with Crippen molar-refractivity contribution < 1.29 is 22.9 Å². The molecule has 0 aliphatic carbocycles. The Morgan fingerprint density at radius 3 is 2.55 bits per heavy atom. The maximum atomic E-state index is 13.0. The number of benzene rings is 2. The second-order valence-corrected chi connectivity index (χ2v) is 10.4. The van der Waals surface area contributed by atoms with Gasteiger partial charge in [0.25, 0.3) is 11.6 Å². The average molecular weight is 492 g/mol. The highest BCUT2D eigenvalue weighted by atomic mass is 32.2. The summed E-state index contributed by atoms with van der Waals surface area (Å²) in [4.78, 5) is 29.0. The number of carbonyl (C=O) groups excluding carboxylic acids is 1. The van der Waals surface area contributed by atoms with Crippen molar-refractivity contribution in [1.82, 2.24) is 14.2 Å². The number of aromatic nitrogens is 1. The Morgan fingerprint density at radius 1 is 1.18 bits per heavy atom. The van der Waals surface area contributed by atoms with Crippen LogP contribution in [0.4, 0.5) is 10.8 Å². The van der Waals surface area contributed by atoms with E-state index in [1.54, 1.807) is 12.1 Å². The van der Waals surface area contributed by atoms with E-state index in [0.29, 0.717) is 47.3 Å². The molecule has 33 heavy (non-hydrogen) atoms. The van der Waals surface area contributed by atoms with Gasteiger partial charge in [-0.25, -0.2) is 13.4 Å². The molecule has 1 aliphatic heterocycles. The number of fused-ring (bicyclic) bond motifs is 1. The molecular formula is C20H21N5O6S2. The van der Waals surface area contributed by atoms with Gasteiger partial charge >= 0.3 is 0 Å². The lowest BCUT2D eigenvalue weighted by Crippen LogP contribution is -2.46. The van der Waals surface area contributed by atoms with Crippen LogP contribution in [0, 0.1) is 10.1 Å². The fraction of sp³-hybridized carbons (Fsp3) is 0.300. The molecule has 174 valence electrons. The molecule has 3 aromatic rings. The van der Waals surface area contributed by atoms with Crippen LogP contribution >= 0.6 is 11.3 Å². The predicted octanol–water partition coefficient (Wildman–Crippen LogP) is 2.16. The van der Waals surface area contributed by atoms with Crippen molar-refractivity contribution in [2.75, 3.05) is 45.2 Å². The van der Waals surface area contributed by atoms with Crippen LogP contribution in [-0.4, -0.2) is 73.3 Å². The summed E-state index contributed by atoms with van der Waals surface area (Å²) in [6.07, 6.45) is 0. The fourth-order valence-corrected chi connectivity index (χ4v) is 5.71. The van der Waals surface area contributed by atoms with Crippen LogP contribution in [0.2, 0.25) is 0 Å². The Kier molecular flexibility index (Phi) is 6.56. The van der Waals surface area contributed by atoms with Gasteiger partial charge in [0.2, 0.25) is 10.0 Å². The van der Waals surface area contributed by atoms with Crippen molar-refractivity contribution in [3.05, 3.63) is 52.6 Å². The van der Waals surface area contributed by atoms with Crippen molar-refractivity contribution >= 4 is 48.3 Å². The van der Waals surface area contributed by atoms with E-state index in [2.05, 4.69) is 15.2 Å². The summed E-state index contributed by atoms with van der Waals surface area (Å²) >= 11 is 1.16. The first-order valence-electron chi connectivity index (χ1n) is 9.99. The van der Waals surface area contributed by atoms with Gasteiger partial charge in [-0.1, -0.05) is 11.3 Å². The first-order valence-corrected chi connectivity index (χ1v) is 12.2. The highest BCUT2D eigenvalue weighted by molar-refractivity contribution is 7.89. The molecule has 1 saturated heterocycles. The summed E-state index contributed by atoms with van der Waals surface area (Å²) in [6, 6.07) is 10.1. The predicted molar refractivity (Wildman–Crippen MR) is 123 cm³/mol. The lowest BCUT2D eigenvalue weighted by molar-refractivity contribution is -0.384. The highest BCUT2D eigenvalue weighted by Gasteiger charge is 2.27. The second-order valence-electron chi connectivity index (χ2n) is 7.44. The number of hydrogen-bond donors (Lipinski definition) is 1. The molecule has 1 aliphatic rings. The number of nitro benzene ring substituents is 1. The molecule has 1 N–H and O–H groups in total. The van der Waals surface area contributed by atoms with E-state index < -0.39 is 20.9 Å². The summed E-state index contributed by atoms with van der Waals surface area (Å²) < 4.78 is 33.4. The van der Waals surface area contributed by atoms with Crippen LogP contribution in [0.3, 0.4) is 0 Å². The number of non-ortho nitro benzene ring substituents is 1. The Morgan fingerprint density at radius 2 is 1.88 bits per heavy atom. The molecular weight excluding hydrogens is 470 g/mol. The average Bonchev–Trinajstić information content (AvgIpc) is 3.19. The molecule has 1 fully saturated rings. The third-order valence-electron chi connectivity index (χ3n) is 5.12. The number of amides is 1. The number of nitro groups is 1. The Bertz CT molecular complexity index is 1280. The zero-order valence-corrected chi connectivity index (χ0v) is 19.3. The number of likely N-dealkylation sites (N-methyl/N-ethyl adjacent to an activating group) is 1. The molecule has 0 atom stereocenters. The highest BCUT2D eigenvalue weighted by Crippen LogP contribution is 2.29. The van der Waals surface area contributed by atoms with E-state index in [1.807, 2.05) is 7.05 Å². The number of nitrogens with one attached hydrogen (secondary N) is 1. The van der Waals surface area contributed by atoms with Crippen LogP contribution in [0.1, 0.15) is 0 Å². The number of sulfonamides is 1. The number of rotatable bonds is 7. The topological polar surface area (TPSA) is 135 Å². The molecule has 0 radical (unpaired) electrons. The van der Waals surface area contributed by atoms with Gasteiger partial charge in [0.15, 0.2) is 11.7 Å². The lowest BCUT2D eigenvalue weighted by Gasteiger charge is -2.31. The molecule has 4 rings (SSSR count). The van der Waals surface area contributed by atoms with Gasteiger partial charge in [0.1, 0.15) is 5.75 Å². The smallest absolute Gasteiger partial charge is 0.269 e. The van der Waals surface area contributed by atoms with E-state index in [0.717, 1.165) is 11.3 Å². The zero-order valence-electron chi connectivity index (χ0n) is 17.6. The summed E-state index contributed by atoms with van der Waals surface area (Å²) in [5.41, 5.74) is 0.499. The standard InChI is InChI=1S/C20H21N5O6S2/c1-23-8-10-24(11-9-23)33(29,30)16-6-7-17-18(12-16)32-20(21-17)22-19(26)13-31-15-4-2-14(3-5-15)25(27)28/h2-7,12H,8-11,13H2,1H3,(H,21,22,26). The number of piperazine rings is 1. The summed E-state index contributed by atoms with van der Waals surface area (Å²) in [5.74, 6) is -0.142. The monoisotopic (exact) mass is 491 g/mol. The van der Waals surface area contributed by atoms with E-state index in [-0.39, 0.29) is 17.2 Å². The number of hydrogen-bond acceptors (Lipinski definition) is 9. The zero-order chi connectivity index (χ0) is 23.6. The molecule has 11 nitrogen and oxygen atoms in total. The molecule has 0 unspecified atom stereocenters. The van der Waals surface area contributed by atoms with Crippen LogP contribution in [0.15, 0.2) is 47.4 Å². The van der Waals surface area contributed by atoms with Crippen molar-refractivity contribution in [2.24, 2.45) is 0 Å². The molecule has 2 aromatic carbocycles. The summed E-state index contributed by atoms with van der Waals surface area (Å²) in [7, 11) is -1.64. The number of anilines is 1. The fourth-order valence-electron chi connectivity index (χ4n) is 3.26. The van der Waals surface area contributed by atoms with E-state index in [9.17, 15) is 23.3 Å². The third-order valence-corrected chi connectivity index (χ3v) is 7.95. The second kappa shape index (κ2) is 9.39. The minimum Gasteiger partial charge on any atom is -0.484 e. The number of thiazole rings is 1. The van der Waals surface area contributed by atoms with Crippen molar-refractivity contribution in [1.29, 1.82) is 0 Å². The minimum absolute atomic E-state index is 0.0738. The first kappa shape index (κ1) is 23.0. The van der Waals surface area contributed by atoms with Crippen LogP contribution in [0.5, 0.6) is 5.75 Å². The normalized spacial score (nSPS) is 15.4.